The van der Waals surface area contributed by atoms with Gasteiger partial charge in [0.25, 0.3) is 0 Å². The molecule has 21 heavy (non-hydrogen) atoms. The molecule has 1 aliphatic heterocycles. The number of para-hydroxylation sites is 1. The minimum absolute atomic E-state index is 0.0721. The number of hydrogen-bond acceptors (Lipinski definition) is 4. The summed E-state index contributed by atoms with van der Waals surface area (Å²) in [7, 11) is 0. The summed E-state index contributed by atoms with van der Waals surface area (Å²) in [5.41, 5.74) is 7.00. The Labute approximate surface area is 135 Å². The van der Waals surface area contributed by atoms with E-state index in [4.69, 9.17) is 17.3 Å². The molecule has 0 bridgehead atoms. The van der Waals surface area contributed by atoms with E-state index in [1.807, 2.05) is 35.4 Å². The van der Waals surface area contributed by atoms with E-state index in [-0.39, 0.29) is 11.9 Å². The third-order valence-electron chi connectivity index (χ3n) is 3.73. The molecule has 0 unspecified atom stereocenters. The molecule has 0 spiro atoms. The number of nitrogens with two attached hydrogens (primary N) is 1. The van der Waals surface area contributed by atoms with Crippen LogP contribution in [0.25, 0.3) is 0 Å². The van der Waals surface area contributed by atoms with Crippen LogP contribution in [0, 0.1) is 0 Å². The number of thioether (sulfide) groups is 1. The normalized spacial score (nSPS) is 16.9. The number of anilines is 1. The van der Waals surface area contributed by atoms with E-state index >= 15 is 0 Å². The van der Waals surface area contributed by atoms with Gasteiger partial charge in [-0.3, -0.25) is 4.79 Å². The second kappa shape index (κ2) is 7.92. The fourth-order valence-electron chi connectivity index (χ4n) is 2.48. The van der Waals surface area contributed by atoms with Crippen molar-refractivity contribution in [2.75, 3.05) is 43.1 Å². The Morgan fingerprint density at radius 2 is 2.00 bits per heavy atom. The second-order valence-electron chi connectivity index (χ2n) is 5.15. The van der Waals surface area contributed by atoms with Gasteiger partial charge in [-0.2, -0.15) is 11.8 Å². The van der Waals surface area contributed by atoms with Gasteiger partial charge in [-0.05, 0) is 30.6 Å². The quantitative estimate of drug-likeness (QED) is 0.899. The van der Waals surface area contributed by atoms with E-state index in [9.17, 15) is 4.79 Å². The summed E-state index contributed by atoms with van der Waals surface area (Å²) in [4.78, 5) is 16.4. The summed E-state index contributed by atoms with van der Waals surface area (Å²) in [5, 5.41) is 0.758. The summed E-state index contributed by atoms with van der Waals surface area (Å²) >= 11 is 7.94. The second-order valence-corrected chi connectivity index (χ2v) is 6.54. The van der Waals surface area contributed by atoms with Gasteiger partial charge in [0.15, 0.2) is 0 Å². The number of piperazine rings is 1. The number of amides is 1. The van der Waals surface area contributed by atoms with Gasteiger partial charge in [-0.15, -0.1) is 0 Å². The molecular weight excluding hydrogens is 306 g/mol. The van der Waals surface area contributed by atoms with E-state index in [0.717, 1.165) is 36.0 Å². The predicted molar refractivity (Wildman–Crippen MR) is 91.2 cm³/mol. The average Bonchev–Trinajstić information content (AvgIpc) is 2.52. The third-order valence-corrected chi connectivity index (χ3v) is 4.70. The maximum Gasteiger partial charge on any atom is 0.239 e. The van der Waals surface area contributed by atoms with E-state index in [1.54, 1.807) is 11.8 Å². The van der Waals surface area contributed by atoms with E-state index in [0.29, 0.717) is 13.1 Å². The molecule has 1 atom stereocenters. The van der Waals surface area contributed by atoms with Gasteiger partial charge in [0.05, 0.1) is 16.8 Å². The van der Waals surface area contributed by atoms with Crippen molar-refractivity contribution in [3.05, 3.63) is 29.3 Å². The maximum atomic E-state index is 12.3. The highest BCUT2D eigenvalue weighted by atomic mass is 35.5. The number of hydrogen-bond donors (Lipinski definition) is 1. The molecule has 0 saturated carbocycles. The van der Waals surface area contributed by atoms with Gasteiger partial charge < -0.3 is 15.5 Å². The van der Waals surface area contributed by atoms with Crippen molar-refractivity contribution in [1.29, 1.82) is 0 Å². The molecule has 1 aliphatic rings. The highest BCUT2D eigenvalue weighted by molar-refractivity contribution is 7.98. The number of carbonyl (C=O) groups is 1. The molecule has 0 radical (unpaired) electrons. The van der Waals surface area contributed by atoms with Crippen LogP contribution in [0.15, 0.2) is 24.3 Å². The molecule has 6 heteroatoms. The standard InChI is InChI=1S/C15H22ClN3OS/c1-21-11-6-13(17)15(20)19-9-7-18(8-10-19)14-5-3-2-4-12(14)16/h2-5,13H,6-11,17H2,1H3/t13-/m0/s1. The van der Waals surface area contributed by atoms with Gasteiger partial charge in [-0.25, -0.2) is 0 Å². The number of nitrogens with zero attached hydrogens (tertiary/aromatic N) is 2. The largest absolute Gasteiger partial charge is 0.367 e. The van der Waals surface area contributed by atoms with E-state index in [1.165, 1.54) is 0 Å². The monoisotopic (exact) mass is 327 g/mol. The third kappa shape index (κ3) is 4.28. The number of benzene rings is 1. The van der Waals surface area contributed by atoms with Gasteiger partial charge >= 0.3 is 0 Å². The molecule has 1 saturated heterocycles. The van der Waals surface area contributed by atoms with Crippen molar-refractivity contribution in [2.24, 2.45) is 5.73 Å². The van der Waals surface area contributed by atoms with Gasteiger partial charge in [0.2, 0.25) is 5.91 Å². The number of rotatable bonds is 5. The van der Waals surface area contributed by atoms with Crippen LogP contribution < -0.4 is 10.6 Å². The molecule has 1 aromatic carbocycles. The van der Waals surface area contributed by atoms with Crippen LogP contribution in [0.2, 0.25) is 5.02 Å². The SMILES string of the molecule is CSCC[C@H](N)C(=O)N1CCN(c2ccccc2Cl)CC1. The van der Waals surface area contributed by atoms with Crippen LogP contribution in [-0.4, -0.2) is 55.0 Å². The summed E-state index contributed by atoms with van der Waals surface area (Å²) in [6.07, 6.45) is 2.77. The molecular formula is C15H22ClN3OS. The minimum Gasteiger partial charge on any atom is -0.367 e. The first-order valence-electron chi connectivity index (χ1n) is 7.16. The Kier molecular flexibility index (Phi) is 6.21. The lowest BCUT2D eigenvalue weighted by atomic mass is 10.2. The molecule has 0 aromatic heterocycles. The molecule has 2 N–H and O–H groups in total. The minimum atomic E-state index is -0.371. The molecule has 1 heterocycles. The van der Waals surface area contributed by atoms with Crippen molar-refractivity contribution in [1.82, 2.24) is 4.90 Å². The Morgan fingerprint density at radius 1 is 1.33 bits per heavy atom. The van der Waals surface area contributed by atoms with E-state index < -0.39 is 0 Å². The van der Waals surface area contributed by atoms with Gasteiger partial charge in [0, 0.05) is 26.2 Å². The van der Waals surface area contributed by atoms with Gasteiger partial charge in [-0.1, -0.05) is 23.7 Å². The Morgan fingerprint density at radius 3 is 2.62 bits per heavy atom. The molecule has 4 nitrogen and oxygen atoms in total. The first kappa shape index (κ1) is 16.5. The molecule has 1 fully saturated rings. The van der Waals surface area contributed by atoms with Crippen molar-refractivity contribution in [3.8, 4) is 0 Å². The Bertz CT molecular complexity index is 478. The topological polar surface area (TPSA) is 49.6 Å². The predicted octanol–water partition coefficient (Wildman–Crippen LogP) is 2.07. The van der Waals surface area contributed by atoms with Crippen LogP contribution in [0.3, 0.4) is 0 Å². The highest BCUT2D eigenvalue weighted by Crippen LogP contribution is 2.26. The van der Waals surface area contributed by atoms with E-state index in [2.05, 4.69) is 4.90 Å². The summed E-state index contributed by atoms with van der Waals surface area (Å²) in [6, 6.07) is 7.45. The van der Waals surface area contributed by atoms with Crippen molar-refractivity contribution < 1.29 is 4.79 Å². The number of carbonyl (C=O) groups excluding carboxylic acids is 1. The molecule has 0 aliphatic carbocycles. The molecule has 116 valence electrons. The lowest BCUT2D eigenvalue weighted by molar-refractivity contribution is -0.132. The fraction of sp³-hybridized carbons (Fsp3) is 0.533. The zero-order chi connectivity index (χ0) is 15.2. The molecule has 1 amide bonds. The summed E-state index contributed by atoms with van der Waals surface area (Å²) in [5.74, 6) is 0.995. The average molecular weight is 328 g/mol. The van der Waals surface area contributed by atoms with Crippen LogP contribution >= 0.6 is 23.4 Å². The number of halogens is 1. The first-order valence-corrected chi connectivity index (χ1v) is 8.93. The molecule has 1 aromatic rings. The summed E-state index contributed by atoms with van der Waals surface area (Å²) < 4.78 is 0. The lowest BCUT2D eigenvalue weighted by Gasteiger charge is -2.37. The first-order chi connectivity index (χ1) is 10.1. The zero-order valence-electron chi connectivity index (χ0n) is 12.3. The smallest absolute Gasteiger partial charge is 0.239 e. The Balaban J connectivity index is 1.88. The van der Waals surface area contributed by atoms with Crippen LogP contribution in [-0.2, 0) is 4.79 Å². The zero-order valence-corrected chi connectivity index (χ0v) is 13.9. The van der Waals surface area contributed by atoms with Crippen molar-refractivity contribution in [2.45, 2.75) is 12.5 Å². The fourth-order valence-corrected chi connectivity index (χ4v) is 3.22. The van der Waals surface area contributed by atoms with Crippen LogP contribution in [0.4, 0.5) is 5.69 Å². The van der Waals surface area contributed by atoms with Crippen molar-refractivity contribution in [3.63, 3.8) is 0 Å². The highest BCUT2D eigenvalue weighted by Gasteiger charge is 2.25. The van der Waals surface area contributed by atoms with Gasteiger partial charge in [0.1, 0.15) is 0 Å². The van der Waals surface area contributed by atoms with Crippen LogP contribution in [0.5, 0.6) is 0 Å². The Hall–Kier alpha value is -0.910. The maximum absolute atomic E-state index is 12.3. The lowest BCUT2D eigenvalue weighted by Crippen LogP contribution is -2.53. The molecule has 2 rings (SSSR count). The van der Waals surface area contributed by atoms with Crippen LogP contribution in [0.1, 0.15) is 6.42 Å². The van der Waals surface area contributed by atoms with Crippen molar-refractivity contribution >= 4 is 35.0 Å². The summed E-state index contributed by atoms with van der Waals surface area (Å²) in [6.45, 7) is 3.00.